The zero-order valence-corrected chi connectivity index (χ0v) is 11.8. The van der Waals surface area contributed by atoms with Gasteiger partial charge in [-0.1, -0.05) is 25.5 Å². The molecule has 1 aromatic carbocycles. The molecule has 0 aromatic heterocycles. The van der Waals surface area contributed by atoms with Gasteiger partial charge in [0.2, 0.25) is 10.0 Å². The maximum absolute atomic E-state index is 12.2. The number of sulfonamides is 1. The zero-order valence-electron chi connectivity index (χ0n) is 11.0. The Balaban J connectivity index is 2.84. The highest BCUT2D eigenvalue weighted by Crippen LogP contribution is 2.15. The summed E-state index contributed by atoms with van der Waals surface area (Å²) in [7, 11) is -1.77. The van der Waals surface area contributed by atoms with Gasteiger partial charge in [0.05, 0.1) is 4.90 Å². The average molecular weight is 271 g/mol. The molecule has 0 bridgehead atoms. The number of aliphatic hydroxyl groups is 1. The van der Waals surface area contributed by atoms with E-state index in [1.807, 2.05) is 6.92 Å². The van der Waals surface area contributed by atoms with Crippen LogP contribution in [-0.2, 0) is 16.4 Å². The van der Waals surface area contributed by atoms with E-state index < -0.39 is 10.0 Å². The molecular formula is C13H21NO3S. The first kappa shape index (κ1) is 15.1. The SMILES string of the molecule is CCCCN(C)S(=O)(=O)c1ccc(CCO)cc1. The fourth-order valence-corrected chi connectivity index (χ4v) is 2.85. The molecule has 0 aliphatic heterocycles. The minimum atomic E-state index is -3.37. The Labute approximate surface area is 109 Å². The van der Waals surface area contributed by atoms with Gasteiger partial charge >= 0.3 is 0 Å². The van der Waals surface area contributed by atoms with Crippen LogP contribution in [0.1, 0.15) is 25.3 Å². The minimum Gasteiger partial charge on any atom is -0.396 e. The number of benzene rings is 1. The first-order valence-corrected chi connectivity index (χ1v) is 7.62. The summed E-state index contributed by atoms with van der Waals surface area (Å²) in [6.07, 6.45) is 2.37. The molecular weight excluding hydrogens is 250 g/mol. The van der Waals surface area contributed by atoms with Crippen molar-refractivity contribution in [3.63, 3.8) is 0 Å². The number of unbranched alkanes of at least 4 members (excludes halogenated alkanes) is 1. The zero-order chi connectivity index (χ0) is 13.6. The van der Waals surface area contributed by atoms with Crippen molar-refractivity contribution >= 4 is 10.0 Å². The van der Waals surface area contributed by atoms with Crippen LogP contribution >= 0.6 is 0 Å². The maximum Gasteiger partial charge on any atom is 0.242 e. The van der Waals surface area contributed by atoms with E-state index in [1.54, 1.807) is 31.3 Å². The monoisotopic (exact) mass is 271 g/mol. The summed E-state index contributed by atoms with van der Waals surface area (Å²) >= 11 is 0. The van der Waals surface area contributed by atoms with Gasteiger partial charge in [-0.2, -0.15) is 0 Å². The van der Waals surface area contributed by atoms with Gasteiger partial charge in [-0.15, -0.1) is 0 Å². The van der Waals surface area contributed by atoms with Crippen LogP contribution in [0, 0.1) is 0 Å². The molecule has 0 aliphatic carbocycles. The van der Waals surface area contributed by atoms with E-state index in [9.17, 15) is 8.42 Å². The van der Waals surface area contributed by atoms with Gasteiger partial charge < -0.3 is 5.11 Å². The molecule has 1 aromatic rings. The van der Waals surface area contributed by atoms with Gasteiger partial charge in [-0.05, 0) is 30.5 Å². The van der Waals surface area contributed by atoms with Crippen molar-refractivity contribution in [2.45, 2.75) is 31.1 Å². The summed E-state index contributed by atoms with van der Waals surface area (Å²) in [5.41, 5.74) is 0.938. The Morgan fingerprint density at radius 1 is 1.22 bits per heavy atom. The predicted octanol–water partition coefficient (Wildman–Crippen LogP) is 1.64. The molecule has 102 valence electrons. The lowest BCUT2D eigenvalue weighted by Gasteiger charge is -2.16. The lowest BCUT2D eigenvalue weighted by molar-refractivity contribution is 0.299. The second-order valence-corrected chi connectivity index (χ2v) is 6.34. The van der Waals surface area contributed by atoms with Crippen molar-refractivity contribution in [3.8, 4) is 0 Å². The number of aliphatic hydroxyl groups excluding tert-OH is 1. The molecule has 4 nitrogen and oxygen atoms in total. The molecule has 0 amide bonds. The van der Waals surface area contributed by atoms with Gasteiger partial charge in [0.25, 0.3) is 0 Å². The van der Waals surface area contributed by atoms with Gasteiger partial charge in [0.1, 0.15) is 0 Å². The normalized spacial score (nSPS) is 12.0. The minimum absolute atomic E-state index is 0.0719. The number of hydrogen-bond acceptors (Lipinski definition) is 3. The summed E-state index contributed by atoms with van der Waals surface area (Å²) in [5.74, 6) is 0. The van der Waals surface area contributed by atoms with E-state index in [2.05, 4.69) is 0 Å². The van der Waals surface area contributed by atoms with Crippen molar-refractivity contribution in [3.05, 3.63) is 29.8 Å². The molecule has 0 heterocycles. The van der Waals surface area contributed by atoms with Crippen molar-refractivity contribution in [2.75, 3.05) is 20.2 Å². The molecule has 0 fully saturated rings. The molecule has 0 saturated heterocycles. The fourth-order valence-electron chi connectivity index (χ4n) is 1.64. The molecule has 18 heavy (non-hydrogen) atoms. The summed E-state index contributed by atoms with van der Waals surface area (Å²) in [4.78, 5) is 0.308. The van der Waals surface area contributed by atoms with Crippen molar-refractivity contribution in [2.24, 2.45) is 0 Å². The standard InChI is InChI=1S/C13H21NO3S/c1-3-4-10-14(2)18(16,17)13-7-5-12(6-8-13)9-11-15/h5-8,15H,3-4,9-11H2,1-2H3. The molecule has 0 radical (unpaired) electrons. The van der Waals surface area contributed by atoms with E-state index in [4.69, 9.17) is 5.11 Å². The van der Waals surface area contributed by atoms with Crippen molar-refractivity contribution in [1.82, 2.24) is 4.31 Å². The lowest BCUT2D eigenvalue weighted by Crippen LogP contribution is -2.27. The summed E-state index contributed by atoms with van der Waals surface area (Å²) in [6.45, 7) is 2.64. The van der Waals surface area contributed by atoms with Crippen LogP contribution in [0.4, 0.5) is 0 Å². The Hall–Kier alpha value is -0.910. The second-order valence-electron chi connectivity index (χ2n) is 4.30. The first-order valence-electron chi connectivity index (χ1n) is 6.18. The molecule has 0 atom stereocenters. The van der Waals surface area contributed by atoms with Crippen LogP contribution in [0.2, 0.25) is 0 Å². The predicted molar refractivity (Wildman–Crippen MR) is 72.0 cm³/mol. The Morgan fingerprint density at radius 2 is 1.83 bits per heavy atom. The van der Waals surface area contributed by atoms with Crippen LogP contribution in [0.3, 0.4) is 0 Å². The van der Waals surface area contributed by atoms with E-state index in [0.717, 1.165) is 18.4 Å². The fraction of sp³-hybridized carbons (Fsp3) is 0.538. The summed E-state index contributed by atoms with van der Waals surface area (Å²) < 4.78 is 25.8. The maximum atomic E-state index is 12.2. The Morgan fingerprint density at radius 3 is 2.33 bits per heavy atom. The Bertz CT molecular complexity index is 454. The second kappa shape index (κ2) is 6.87. The molecule has 0 aliphatic rings. The summed E-state index contributed by atoms with van der Waals surface area (Å²) in [5, 5.41) is 8.81. The van der Waals surface area contributed by atoms with E-state index >= 15 is 0 Å². The topological polar surface area (TPSA) is 57.6 Å². The van der Waals surface area contributed by atoms with E-state index in [0.29, 0.717) is 17.9 Å². The third-order valence-corrected chi connectivity index (χ3v) is 4.73. The van der Waals surface area contributed by atoms with Crippen LogP contribution in [0.25, 0.3) is 0 Å². The molecule has 0 saturated carbocycles. The van der Waals surface area contributed by atoms with E-state index in [1.165, 1.54) is 4.31 Å². The van der Waals surface area contributed by atoms with Gasteiger partial charge in [-0.3, -0.25) is 0 Å². The molecule has 0 spiro atoms. The third kappa shape index (κ3) is 3.80. The number of hydrogen-bond donors (Lipinski definition) is 1. The Kier molecular flexibility index (Phi) is 5.78. The van der Waals surface area contributed by atoms with Crippen LogP contribution in [0.15, 0.2) is 29.2 Å². The van der Waals surface area contributed by atoms with Gasteiger partial charge in [0, 0.05) is 20.2 Å². The third-order valence-electron chi connectivity index (χ3n) is 2.86. The number of nitrogens with zero attached hydrogens (tertiary/aromatic N) is 1. The molecule has 1 N–H and O–H groups in total. The first-order chi connectivity index (χ1) is 8.52. The van der Waals surface area contributed by atoms with Crippen LogP contribution in [0.5, 0.6) is 0 Å². The highest BCUT2D eigenvalue weighted by Gasteiger charge is 2.19. The van der Waals surface area contributed by atoms with Crippen molar-refractivity contribution in [1.29, 1.82) is 0 Å². The smallest absolute Gasteiger partial charge is 0.242 e. The van der Waals surface area contributed by atoms with Crippen molar-refractivity contribution < 1.29 is 13.5 Å². The molecule has 5 heteroatoms. The van der Waals surface area contributed by atoms with Crippen LogP contribution < -0.4 is 0 Å². The average Bonchev–Trinajstić information content (AvgIpc) is 2.37. The van der Waals surface area contributed by atoms with Gasteiger partial charge in [0.15, 0.2) is 0 Å². The highest BCUT2D eigenvalue weighted by atomic mass is 32.2. The molecule has 1 rings (SSSR count). The van der Waals surface area contributed by atoms with Crippen LogP contribution in [-0.4, -0.2) is 38.0 Å². The largest absolute Gasteiger partial charge is 0.396 e. The highest BCUT2D eigenvalue weighted by molar-refractivity contribution is 7.89. The van der Waals surface area contributed by atoms with E-state index in [-0.39, 0.29) is 6.61 Å². The van der Waals surface area contributed by atoms with Gasteiger partial charge in [-0.25, -0.2) is 12.7 Å². The molecule has 0 unspecified atom stereocenters. The lowest BCUT2D eigenvalue weighted by atomic mass is 10.2. The number of rotatable bonds is 7. The quantitative estimate of drug-likeness (QED) is 0.820. The summed E-state index contributed by atoms with van der Waals surface area (Å²) in [6, 6.07) is 6.69.